The molecule has 1 aromatic carbocycles. The largest absolute Gasteiger partial charge is 0.402 e. The number of ketones is 2. The molecule has 0 bridgehead atoms. The van der Waals surface area contributed by atoms with Gasteiger partial charge >= 0.3 is 0 Å². The van der Waals surface area contributed by atoms with Crippen molar-refractivity contribution in [2.75, 3.05) is 5.32 Å². The zero-order valence-corrected chi connectivity index (χ0v) is 21.4. The molecule has 1 heterocycles. The number of benzene rings is 1. The fraction of sp³-hybridized carbons (Fsp3) is 0.462. The highest BCUT2D eigenvalue weighted by atomic mass is 32.1. The van der Waals surface area contributed by atoms with E-state index in [1.807, 2.05) is 26.0 Å². The van der Waals surface area contributed by atoms with Crippen LogP contribution < -0.4 is 11.1 Å². The summed E-state index contributed by atoms with van der Waals surface area (Å²) in [6, 6.07) is 5.48. The van der Waals surface area contributed by atoms with Crippen LogP contribution in [-0.2, 0) is 14.4 Å². The summed E-state index contributed by atoms with van der Waals surface area (Å²) in [5.74, 6) is -5.71. The minimum absolute atomic E-state index is 0.220. The summed E-state index contributed by atoms with van der Waals surface area (Å²) in [4.78, 5) is 44.6. The van der Waals surface area contributed by atoms with Gasteiger partial charge in [0.1, 0.15) is 12.0 Å². The summed E-state index contributed by atoms with van der Waals surface area (Å²) >= 11 is 1.51. The maximum Gasteiger partial charge on any atom is 0.231 e. The Bertz CT molecular complexity index is 1160. The van der Waals surface area contributed by atoms with Crippen LogP contribution in [0.5, 0.6) is 0 Å². The van der Waals surface area contributed by atoms with E-state index in [0.717, 1.165) is 21.7 Å². The Balaban J connectivity index is 1.85. The highest BCUT2D eigenvalue weighted by Crippen LogP contribution is 2.39. The average Bonchev–Trinajstić information content (AvgIpc) is 3.31. The number of aryl methyl sites for hydroxylation is 2. The molecule has 4 N–H and O–H groups in total. The molecule has 188 valence electrons. The number of Topliss-reactive ketones (excluding diaryl/α,β-unsaturated/α-hetero) is 1. The smallest absolute Gasteiger partial charge is 0.231 e. The quantitative estimate of drug-likeness (QED) is 0.372. The molecule has 1 fully saturated rings. The number of hydrogen-bond acceptors (Lipinski definition) is 7. The molecular weight excluding hydrogens is 469 g/mol. The Labute approximate surface area is 208 Å². The Kier molecular flexibility index (Phi) is 8.22. The maximum atomic E-state index is 15.0. The van der Waals surface area contributed by atoms with Gasteiger partial charge in [0.25, 0.3) is 0 Å². The molecular formula is C26H32FN3O4S. The fourth-order valence-electron chi connectivity index (χ4n) is 4.70. The van der Waals surface area contributed by atoms with Crippen molar-refractivity contribution in [3.63, 3.8) is 0 Å². The molecule has 3 rings (SSSR count). The lowest BCUT2D eigenvalue weighted by molar-refractivity contribution is -0.138. The number of amides is 1. The number of aromatic nitrogens is 1. The first-order chi connectivity index (χ1) is 16.4. The van der Waals surface area contributed by atoms with Crippen LogP contribution in [0.4, 0.5) is 10.1 Å². The number of thiazole rings is 1. The van der Waals surface area contributed by atoms with Gasteiger partial charge in [-0.1, -0.05) is 19.9 Å². The maximum absolute atomic E-state index is 15.0. The van der Waals surface area contributed by atoms with Gasteiger partial charge in [0.15, 0.2) is 5.78 Å². The zero-order valence-electron chi connectivity index (χ0n) is 20.5. The molecule has 1 saturated carbocycles. The van der Waals surface area contributed by atoms with E-state index in [1.165, 1.54) is 24.3 Å². The number of halogens is 1. The summed E-state index contributed by atoms with van der Waals surface area (Å²) in [5, 5.41) is 12.9. The average molecular weight is 502 g/mol. The van der Waals surface area contributed by atoms with Gasteiger partial charge in [0.05, 0.1) is 34.0 Å². The topological polar surface area (TPSA) is 122 Å². The van der Waals surface area contributed by atoms with Crippen LogP contribution in [0, 0.1) is 37.5 Å². The summed E-state index contributed by atoms with van der Waals surface area (Å²) in [7, 11) is 0. The van der Waals surface area contributed by atoms with Crippen molar-refractivity contribution in [2.45, 2.75) is 53.3 Å². The van der Waals surface area contributed by atoms with Crippen LogP contribution in [0.2, 0.25) is 0 Å². The predicted octanol–water partition coefficient (Wildman–Crippen LogP) is 3.97. The molecule has 1 aliphatic rings. The summed E-state index contributed by atoms with van der Waals surface area (Å²) in [6.07, 6.45) is -2.42. The molecule has 5 atom stereocenters. The van der Waals surface area contributed by atoms with E-state index in [-0.39, 0.29) is 18.0 Å². The van der Waals surface area contributed by atoms with E-state index in [2.05, 4.69) is 10.3 Å². The molecule has 1 aliphatic carbocycles. The van der Waals surface area contributed by atoms with Crippen molar-refractivity contribution in [1.82, 2.24) is 4.98 Å². The molecule has 35 heavy (non-hydrogen) atoms. The van der Waals surface area contributed by atoms with E-state index in [4.69, 9.17) is 5.73 Å². The van der Waals surface area contributed by atoms with E-state index in [9.17, 15) is 19.5 Å². The number of aliphatic hydroxyl groups is 1. The second kappa shape index (κ2) is 10.8. The number of aliphatic hydroxyl groups excluding tert-OH is 1. The highest BCUT2D eigenvalue weighted by molar-refractivity contribution is 7.13. The van der Waals surface area contributed by atoms with Crippen molar-refractivity contribution < 1.29 is 23.9 Å². The lowest BCUT2D eigenvalue weighted by Gasteiger charge is -2.25. The lowest BCUT2D eigenvalue weighted by atomic mass is 9.77. The number of nitrogens with two attached hydrogens (primary N) is 1. The fourth-order valence-corrected chi connectivity index (χ4v) is 5.50. The van der Waals surface area contributed by atoms with Crippen LogP contribution >= 0.6 is 11.3 Å². The molecule has 9 heteroatoms. The molecule has 7 nitrogen and oxygen atoms in total. The Morgan fingerprint density at radius 2 is 1.97 bits per heavy atom. The Morgan fingerprint density at radius 1 is 1.29 bits per heavy atom. The van der Waals surface area contributed by atoms with Gasteiger partial charge in [0, 0.05) is 23.4 Å². The van der Waals surface area contributed by atoms with E-state index in [1.54, 1.807) is 25.4 Å². The zero-order chi connectivity index (χ0) is 26.0. The van der Waals surface area contributed by atoms with Crippen LogP contribution in [0.25, 0.3) is 10.4 Å². The van der Waals surface area contributed by atoms with Gasteiger partial charge in [0.2, 0.25) is 5.91 Å². The van der Waals surface area contributed by atoms with Gasteiger partial charge in [-0.15, -0.1) is 11.3 Å². The minimum Gasteiger partial charge on any atom is -0.402 e. The standard InChI is InChI=1S/C26H32FN3O4S/c1-12(2)21(19(31)9-14(4)28)24(33)17-10-20(32)23(27)22(17)26(34)30-18-7-6-16(8-13(18)3)25-15(5)29-11-35-25/h6-9,11-12,17,20-23,32H,10,28H2,1-5H3,(H,30,34)/t17?,20-,21?,22-,23?/m0/s1. The Morgan fingerprint density at radius 3 is 2.51 bits per heavy atom. The summed E-state index contributed by atoms with van der Waals surface area (Å²) in [6.45, 7) is 8.70. The first-order valence-corrected chi connectivity index (χ1v) is 12.5. The summed E-state index contributed by atoms with van der Waals surface area (Å²) < 4.78 is 15.0. The van der Waals surface area contributed by atoms with E-state index < -0.39 is 47.5 Å². The normalized spacial score (nSPS) is 23.4. The lowest BCUT2D eigenvalue weighted by Crippen LogP contribution is -2.40. The van der Waals surface area contributed by atoms with E-state index in [0.29, 0.717) is 5.69 Å². The molecule has 1 aromatic heterocycles. The number of hydrogen-bond donors (Lipinski definition) is 3. The van der Waals surface area contributed by atoms with Crippen molar-refractivity contribution in [3.8, 4) is 10.4 Å². The third kappa shape index (κ3) is 5.67. The number of nitrogens with zero attached hydrogens (tertiary/aromatic N) is 1. The number of anilines is 1. The molecule has 3 unspecified atom stereocenters. The van der Waals surface area contributed by atoms with Gasteiger partial charge in [-0.25, -0.2) is 9.37 Å². The van der Waals surface area contributed by atoms with Crippen LogP contribution in [0.3, 0.4) is 0 Å². The SMILES string of the molecule is CC(N)=CC(=O)C(C(=O)C1C[C@H](O)C(F)[C@H]1C(=O)Nc1ccc(-c2scnc2C)cc1C)C(C)C. The van der Waals surface area contributed by atoms with Gasteiger partial charge in [-0.2, -0.15) is 0 Å². The first kappa shape index (κ1) is 26.7. The van der Waals surface area contributed by atoms with Gasteiger partial charge in [-0.05, 0) is 56.4 Å². The third-order valence-electron chi connectivity index (χ3n) is 6.45. The number of alkyl halides is 1. The molecule has 0 radical (unpaired) electrons. The molecule has 0 spiro atoms. The van der Waals surface area contributed by atoms with Gasteiger partial charge < -0.3 is 16.2 Å². The van der Waals surface area contributed by atoms with Crippen molar-refractivity contribution >= 4 is 34.5 Å². The van der Waals surface area contributed by atoms with Crippen LogP contribution in [0.15, 0.2) is 35.5 Å². The monoisotopic (exact) mass is 501 g/mol. The third-order valence-corrected chi connectivity index (χ3v) is 7.43. The second-order valence-corrected chi connectivity index (χ2v) is 10.4. The number of nitrogens with one attached hydrogen (secondary N) is 1. The first-order valence-electron chi connectivity index (χ1n) is 11.6. The molecule has 1 amide bonds. The highest BCUT2D eigenvalue weighted by Gasteiger charge is 2.52. The van der Waals surface area contributed by atoms with Crippen molar-refractivity contribution in [2.24, 2.45) is 29.4 Å². The van der Waals surface area contributed by atoms with E-state index >= 15 is 4.39 Å². The van der Waals surface area contributed by atoms with Crippen molar-refractivity contribution in [1.29, 1.82) is 0 Å². The number of allylic oxidation sites excluding steroid dienone is 2. The number of carbonyl (C=O) groups excluding carboxylic acids is 3. The summed E-state index contributed by atoms with van der Waals surface area (Å²) in [5.41, 5.74) is 10.7. The van der Waals surface area contributed by atoms with Crippen LogP contribution in [-0.4, -0.2) is 39.8 Å². The number of carbonyl (C=O) groups is 3. The Hall–Kier alpha value is -2.91. The second-order valence-electron chi connectivity index (χ2n) is 9.58. The minimum atomic E-state index is -1.92. The van der Waals surface area contributed by atoms with Crippen molar-refractivity contribution in [3.05, 3.63) is 46.7 Å². The molecule has 0 saturated heterocycles. The van der Waals surface area contributed by atoms with Crippen LogP contribution in [0.1, 0.15) is 38.4 Å². The predicted molar refractivity (Wildman–Crippen MR) is 134 cm³/mol. The molecule has 0 aliphatic heterocycles. The molecule has 2 aromatic rings. The number of rotatable bonds is 8. The van der Waals surface area contributed by atoms with Gasteiger partial charge in [-0.3, -0.25) is 14.4 Å².